The molecule has 15 heavy (non-hydrogen) atoms. The molecule has 0 aliphatic carbocycles. The van der Waals surface area contributed by atoms with E-state index in [9.17, 15) is 0 Å². The summed E-state index contributed by atoms with van der Waals surface area (Å²) in [6, 6.07) is 5.91. The van der Waals surface area contributed by atoms with Crippen molar-refractivity contribution in [1.82, 2.24) is 0 Å². The molecule has 1 aromatic rings. The Morgan fingerprint density at radius 3 is 2.80 bits per heavy atom. The molecule has 0 unspecified atom stereocenters. The Hall–Kier alpha value is -1.46. The molecule has 0 bridgehead atoms. The smallest absolute Gasteiger partial charge is 0.123 e. The van der Waals surface area contributed by atoms with Gasteiger partial charge in [-0.3, -0.25) is 0 Å². The van der Waals surface area contributed by atoms with Crippen LogP contribution in [0.2, 0.25) is 0 Å². The van der Waals surface area contributed by atoms with Gasteiger partial charge in [0.25, 0.3) is 0 Å². The summed E-state index contributed by atoms with van der Waals surface area (Å²) in [5.41, 5.74) is 2.16. The molecule has 0 saturated heterocycles. The summed E-state index contributed by atoms with van der Waals surface area (Å²) in [4.78, 5) is 0. The van der Waals surface area contributed by atoms with Crippen molar-refractivity contribution in [2.24, 2.45) is 0 Å². The zero-order valence-electron chi connectivity index (χ0n) is 9.25. The first-order chi connectivity index (χ1) is 7.33. The first kappa shape index (κ1) is 11.6. The fraction of sp³-hybridized carbons (Fsp3) is 0.385. The lowest BCUT2D eigenvalue weighted by molar-refractivity contribution is 0.183. The van der Waals surface area contributed by atoms with Crippen molar-refractivity contribution in [2.75, 3.05) is 13.7 Å². The van der Waals surface area contributed by atoms with Gasteiger partial charge in [0.15, 0.2) is 0 Å². The maximum Gasteiger partial charge on any atom is 0.123 e. The van der Waals surface area contributed by atoms with Crippen LogP contribution in [0.1, 0.15) is 18.1 Å². The second-order valence-corrected chi connectivity index (χ2v) is 3.14. The van der Waals surface area contributed by atoms with Crippen molar-refractivity contribution in [3.63, 3.8) is 0 Å². The third-order valence-electron chi connectivity index (χ3n) is 2.11. The molecular weight excluding hydrogens is 188 g/mol. The summed E-state index contributed by atoms with van der Waals surface area (Å²) in [7, 11) is 1.67. The Morgan fingerprint density at radius 1 is 1.40 bits per heavy atom. The van der Waals surface area contributed by atoms with Crippen LogP contribution < -0.4 is 4.74 Å². The normalized spacial score (nSPS) is 9.67. The fourth-order valence-electron chi connectivity index (χ4n) is 1.50. The Bertz CT molecular complexity index is 326. The summed E-state index contributed by atoms with van der Waals surface area (Å²) in [5, 5.41) is 0. The van der Waals surface area contributed by atoms with Gasteiger partial charge in [0.2, 0.25) is 0 Å². The maximum atomic E-state index is 5.53. The molecule has 0 fully saturated rings. The lowest BCUT2D eigenvalue weighted by atomic mass is 10.0. The molecule has 2 nitrogen and oxygen atoms in total. The minimum Gasteiger partial charge on any atom is -0.494 e. The molecular formula is C13H16O2. The molecule has 0 aromatic heterocycles. The average molecular weight is 204 g/mol. The van der Waals surface area contributed by atoms with Crippen molar-refractivity contribution >= 4 is 0 Å². The third kappa shape index (κ3) is 3.00. The van der Waals surface area contributed by atoms with E-state index in [4.69, 9.17) is 15.9 Å². The lowest BCUT2D eigenvalue weighted by Gasteiger charge is -2.12. The highest BCUT2D eigenvalue weighted by molar-refractivity contribution is 5.42. The fourth-order valence-corrected chi connectivity index (χ4v) is 1.50. The molecule has 0 saturated carbocycles. The van der Waals surface area contributed by atoms with Crippen LogP contribution in [-0.4, -0.2) is 13.7 Å². The van der Waals surface area contributed by atoms with Crippen molar-refractivity contribution < 1.29 is 9.47 Å². The molecule has 0 amide bonds. The molecule has 0 radical (unpaired) electrons. The van der Waals surface area contributed by atoms with E-state index < -0.39 is 0 Å². The van der Waals surface area contributed by atoms with E-state index in [1.807, 2.05) is 25.1 Å². The van der Waals surface area contributed by atoms with Gasteiger partial charge in [-0.25, -0.2) is 0 Å². The predicted octanol–water partition coefficient (Wildman–Crippen LogP) is 2.41. The zero-order chi connectivity index (χ0) is 11.1. The number of rotatable bonds is 5. The first-order valence-electron chi connectivity index (χ1n) is 4.99. The van der Waals surface area contributed by atoms with Crippen LogP contribution in [0.15, 0.2) is 18.2 Å². The molecule has 0 aliphatic rings. The summed E-state index contributed by atoms with van der Waals surface area (Å²) >= 11 is 0. The van der Waals surface area contributed by atoms with E-state index >= 15 is 0 Å². The number of ether oxygens (including phenoxy) is 2. The Morgan fingerprint density at radius 2 is 2.20 bits per heavy atom. The Labute approximate surface area is 91.2 Å². The minimum absolute atomic E-state index is 0.567. The predicted molar refractivity (Wildman–Crippen MR) is 60.9 cm³/mol. The highest BCUT2D eigenvalue weighted by Gasteiger charge is 2.07. The number of hydrogen-bond acceptors (Lipinski definition) is 2. The molecule has 80 valence electrons. The Balaban J connectivity index is 3.04. The second kappa shape index (κ2) is 6.10. The number of terminal acetylenes is 1. The van der Waals surface area contributed by atoms with Crippen molar-refractivity contribution in [2.45, 2.75) is 20.0 Å². The van der Waals surface area contributed by atoms with E-state index in [0.717, 1.165) is 16.9 Å². The van der Waals surface area contributed by atoms with E-state index in [1.54, 1.807) is 7.11 Å². The molecule has 1 rings (SSSR count). The summed E-state index contributed by atoms with van der Waals surface area (Å²) in [5.74, 6) is 3.51. The van der Waals surface area contributed by atoms with E-state index in [1.165, 1.54) is 0 Å². The summed E-state index contributed by atoms with van der Waals surface area (Å²) < 4.78 is 10.6. The van der Waals surface area contributed by atoms with Crippen LogP contribution in [0.25, 0.3) is 0 Å². The van der Waals surface area contributed by atoms with Gasteiger partial charge in [0.05, 0.1) is 13.2 Å². The standard InChI is InChI=1S/C13H16O2/c1-4-7-12-11(10-14-3)8-6-9-13(12)15-5-2/h1,6,8-9H,5,7,10H2,2-3H3. The average Bonchev–Trinajstić information content (AvgIpc) is 2.23. The summed E-state index contributed by atoms with van der Waals surface area (Å²) in [6.07, 6.45) is 5.92. The molecule has 2 heteroatoms. The van der Waals surface area contributed by atoms with E-state index in [2.05, 4.69) is 5.92 Å². The molecule has 0 aliphatic heterocycles. The maximum absolute atomic E-state index is 5.53. The van der Waals surface area contributed by atoms with Gasteiger partial charge in [-0.1, -0.05) is 12.1 Å². The van der Waals surface area contributed by atoms with Crippen molar-refractivity contribution in [3.8, 4) is 18.1 Å². The largest absolute Gasteiger partial charge is 0.494 e. The van der Waals surface area contributed by atoms with Crippen molar-refractivity contribution in [3.05, 3.63) is 29.3 Å². The first-order valence-corrected chi connectivity index (χ1v) is 4.99. The minimum atomic E-state index is 0.567. The van der Waals surface area contributed by atoms with Crippen LogP contribution in [0, 0.1) is 12.3 Å². The number of benzene rings is 1. The molecule has 1 aromatic carbocycles. The molecule has 0 spiro atoms. The van der Waals surface area contributed by atoms with Gasteiger partial charge in [0.1, 0.15) is 5.75 Å². The molecule has 0 N–H and O–H groups in total. The monoisotopic (exact) mass is 204 g/mol. The van der Waals surface area contributed by atoms with Crippen molar-refractivity contribution in [1.29, 1.82) is 0 Å². The Kier molecular flexibility index (Phi) is 4.73. The lowest BCUT2D eigenvalue weighted by Crippen LogP contribution is -2.01. The molecule has 0 heterocycles. The van der Waals surface area contributed by atoms with Crippen LogP contribution in [0.4, 0.5) is 0 Å². The highest BCUT2D eigenvalue weighted by Crippen LogP contribution is 2.23. The highest BCUT2D eigenvalue weighted by atomic mass is 16.5. The van der Waals surface area contributed by atoms with Gasteiger partial charge >= 0.3 is 0 Å². The SMILES string of the molecule is C#CCc1c(COC)cccc1OCC. The number of methoxy groups -OCH3 is 1. The number of hydrogen-bond donors (Lipinski definition) is 0. The van der Waals surface area contributed by atoms with Crippen LogP contribution in [-0.2, 0) is 17.8 Å². The van der Waals surface area contributed by atoms with Crippen LogP contribution in [0.5, 0.6) is 5.75 Å². The van der Waals surface area contributed by atoms with Gasteiger partial charge in [-0.2, -0.15) is 0 Å². The van der Waals surface area contributed by atoms with E-state index in [0.29, 0.717) is 19.6 Å². The second-order valence-electron chi connectivity index (χ2n) is 3.14. The molecule has 0 atom stereocenters. The zero-order valence-corrected chi connectivity index (χ0v) is 9.25. The summed E-state index contributed by atoms with van der Waals surface area (Å²) in [6.45, 7) is 3.18. The van der Waals surface area contributed by atoms with Gasteiger partial charge in [-0.05, 0) is 18.6 Å². The van der Waals surface area contributed by atoms with Gasteiger partial charge in [0, 0.05) is 19.1 Å². The van der Waals surface area contributed by atoms with Gasteiger partial charge < -0.3 is 9.47 Å². The van der Waals surface area contributed by atoms with Crippen LogP contribution in [0.3, 0.4) is 0 Å². The third-order valence-corrected chi connectivity index (χ3v) is 2.11. The van der Waals surface area contributed by atoms with Gasteiger partial charge in [-0.15, -0.1) is 12.3 Å². The van der Waals surface area contributed by atoms with E-state index in [-0.39, 0.29) is 0 Å². The van der Waals surface area contributed by atoms with Crippen LogP contribution >= 0.6 is 0 Å². The quantitative estimate of drug-likeness (QED) is 0.686. The topological polar surface area (TPSA) is 18.5 Å².